The van der Waals surface area contributed by atoms with E-state index in [2.05, 4.69) is 21.2 Å². The molecule has 0 aliphatic heterocycles. The van der Waals surface area contributed by atoms with Crippen LogP contribution in [-0.4, -0.2) is 20.1 Å². The Morgan fingerprint density at radius 2 is 1.73 bits per heavy atom. The molecule has 2 rings (SSSR count). The van der Waals surface area contributed by atoms with Crippen molar-refractivity contribution in [3.63, 3.8) is 0 Å². The second-order valence-corrected chi connectivity index (χ2v) is 8.71. The topological polar surface area (TPSA) is 63.2 Å². The van der Waals surface area contributed by atoms with Crippen molar-refractivity contribution in [1.29, 1.82) is 0 Å². The highest BCUT2D eigenvalue weighted by atomic mass is 79.9. The largest absolute Gasteiger partial charge is 0.416 e. The molecule has 0 atom stereocenters. The molecular formula is C17H15BrF3NO3S. The second kappa shape index (κ2) is 7.79. The number of aryl methyl sites for hydroxylation is 1. The van der Waals surface area contributed by atoms with Crippen molar-refractivity contribution < 1.29 is 26.4 Å². The lowest BCUT2D eigenvalue weighted by molar-refractivity contribution is -0.138. The molecule has 0 radical (unpaired) electrons. The van der Waals surface area contributed by atoms with Crippen LogP contribution in [0.25, 0.3) is 0 Å². The maximum Gasteiger partial charge on any atom is 0.416 e. The molecule has 1 N–H and O–H groups in total. The van der Waals surface area contributed by atoms with Crippen LogP contribution >= 0.6 is 15.9 Å². The number of sulfone groups is 1. The van der Waals surface area contributed by atoms with Gasteiger partial charge < -0.3 is 5.32 Å². The average Bonchev–Trinajstić information content (AvgIpc) is 2.49. The molecule has 0 fully saturated rings. The van der Waals surface area contributed by atoms with Crippen molar-refractivity contribution in [1.82, 2.24) is 0 Å². The molecule has 2 aromatic carbocycles. The van der Waals surface area contributed by atoms with E-state index in [-0.39, 0.29) is 17.0 Å². The number of nitrogens with one attached hydrogen (secondary N) is 1. The van der Waals surface area contributed by atoms with Crippen molar-refractivity contribution in [3.8, 4) is 0 Å². The van der Waals surface area contributed by atoms with Gasteiger partial charge in [-0.05, 0) is 42.3 Å². The van der Waals surface area contributed by atoms with Crippen LogP contribution in [0.3, 0.4) is 0 Å². The Hall–Kier alpha value is -1.87. The Bertz CT molecular complexity index is 910. The van der Waals surface area contributed by atoms with Crippen LogP contribution in [0.15, 0.2) is 46.9 Å². The molecule has 0 bridgehead atoms. The van der Waals surface area contributed by atoms with E-state index in [9.17, 15) is 26.4 Å². The van der Waals surface area contributed by atoms with Crippen molar-refractivity contribution in [2.75, 3.05) is 11.1 Å². The van der Waals surface area contributed by atoms with Crippen LogP contribution in [0, 0.1) is 6.92 Å². The lowest BCUT2D eigenvalue weighted by Gasteiger charge is -2.13. The molecule has 26 heavy (non-hydrogen) atoms. The molecule has 9 heteroatoms. The summed E-state index contributed by atoms with van der Waals surface area (Å²) in [5.74, 6) is -2.05. The fraction of sp³-hybridized carbons (Fsp3) is 0.235. The number of amides is 1. The first-order valence-electron chi connectivity index (χ1n) is 7.39. The van der Waals surface area contributed by atoms with Crippen molar-refractivity contribution in [2.45, 2.75) is 18.9 Å². The zero-order chi connectivity index (χ0) is 19.5. The Labute approximate surface area is 157 Å². The lowest BCUT2D eigenvalue weighted by atomic mass is 10.1. The SMILES string of the molecule is Cc1ccc(NC(=O)CS(=O)(=O)Cc2ccc(Br)cc2)cc1C(F)(F)F. The number of hydrogen-bond donors (Lipinski definition) is 1. The number of alkyl halides is 3. The van der Waals surface area contributed by atoms with Gasteiger partial charge in [0.1, 0.15) is 5.75 Å². The van der Waals surface area contributed by atoms with E-state index in [1.807, 2.05) is 0 Å². The second-order valence-electron chi connectivity index (χ2n) is 5.73. The van der Waals surface area contributed by atoms with Crippen LogP contribution in [-0.2, 0) is 26.6 Å². The predicted molar refractivity (Wildman–Crippen MR) is 96.4 cm³/mol. The van der Waals surface area contributed by atoms with Gasteiger partial charge in [-0.3, -0.25) is 4.79 Å². The van der Waals surface area contributed by atoms with Crippen LogP contribution in [0.4, 0.5) is 18.9 Å². The van der Waals surface area contributed by atoms with E-state index in [4.69, 9.17) is 0 Å². The minimum atomic E-state index is -4.56. The van der Waals surface area contributed by atoms with Crippen LogP contribution in [0.5, 0.6) is 0 Å². The molecule has 1 amide bonds. The molecule has 0 spiro atoms. The standard InChI is InChI=1S/C17H15BrF3NO3S/c1-11-2-7-14(8-15(11)17(19,20)21)22-16(23)10-26(24,25)9-12-3-5-13(18)6-4-12/h2-8H,9-10H2,1H3,(H,22,23). The molecule has 0 saturated carbocycles. The van der Waals surface area contributed by atoms with Crippen molar-refractivity contribution >= 4 is 37.4 Å². The molecule has 2 aromatic rings. The van der Waals surface area contributed by atoms with Gasteiger partial charge in [-0.2, -0.15) is 13.2 Å². The normalized spacial score (nSPS) is 12.0. The van der Waals surface area contributed by atoms with Crippen LogP contribution in [0.2, 0.25) is 0 Å². The summed E-state index contributed by atoms with van der Waals surface area (Å²) in [4.78, 5) is 11.9. The first-order chi connectivity index (χ1) is 12.0. The Balaban J connectivity index is 2.07. The van der Waals surface area contributed by atoms with E-state index in [0.717, 1.165) is 10.5 Å². The van der Waals surface area contributed by atoms with Gasteiger partial charge in [-0.1, -0.05) is 34.1 Å². The van der Waals surface area contributed by atoms with Crippen LogP contribution < -0.4 is 5.32 Å². The van der Waals surface area contributed by atoms with E-state index in [1.54, 1.807) is 24.3 Å². The van der Waals surface area contributed by atoms with E-state index >= 15 is 0 Å². The van der Waals surface area contributed by atoms with Gasteiger partial charge in [0.15, 0.2) is 9.84 Å². The van der Waals surface area contributed by atoms with Crippen LogP contribution in [0.1, 0.15) is 16.7 Å². The van der Waals surface area contributed by atoms with Gasteiger partial charge in [0.2, 0.25) is 5.91 Å². The van der Waals surface area contributed by atoms with E-state index in [0.29, 0.717) is 5.56 Å². The highest BCUT2D eigenvalue weighted by Crippen LogP contribution is 2.33. The summed E-state index contributed by atoms with van der Waals surface area (Å²) < 4.78 is 63.7. The van der Waals surface area contributed by atoms with E-state index in [1.165, 1.54) is 19.1 Å². The van der Waals surface area contributed by atoms with Gasteiger partial charge in [0.05, 0.1) is 11.3 Å². The third-order valence-electron chi connectivity index (χ3n) is 3.48. The number of rotatable bonds is 5. The molecule has 0 saturated heterocycles. The Morgan fingerprint density at radius 3 is 2.31 bits per heavy atom. The lowest BCUT2D eigenvalue weighted by Crippen LogP contribution is -2.24. The Kier molecular flexibility index (Phi) is 6.13. The molecule has 0 aromatic heterocycles. The zero-order valence-electron chi connectivity index (χ0n) is 13.6. The summed E-state index contributed by atoms with van der Waals surface area (Å²) >= 11 is 3.23. The highest BCUT2D eigenvalue weighted by molar-refractivity contribution is 9.10. The molecule has 0 heterocycles. The number of carbonyl (C=O) groups excluding carboxylic acids is 1. The maximum atomic E-state index is 12.9. The van der Waals surface area contributed by atoms with Gasteiger partial charge in [-0.15, -0.1) is 0 Å². The average molecular weight is 450 g/mol. The van der Waals surface area contributed by atoms with Gasteiger partial charge in [0.25, 0.3) is 0 Å². The fourth-order valence-corrected chi connectivity index (χ4v) is 3.83. The van der Waals surface area contributed by atoms with Crippen molar-refractivity contribution in [2.24, 2.45) is 0 Å². The summed E-state index contributed by atoms with van der Waals surface area (Å²) in [7, 11) is -3.76. The first kappa shape index (κ1) is 20.4. The summed E-state index contributed by atoms with van der Waals surface area (Å²) in [6.07, 6.45) is -4.56. The van der Waals surface area contributed by atoms with Crippen molar-refractivity contribution in [3.05, 3.63) is 63.6 Å². The summed E-state index contributed by atoms with van der Waals surface area (Å²) in [6.45, 7) is 1.30. The zero-order valence-corrected chi connectivity index (χ0v) is 16.0. The number of halogens is 4. The predicted octanol–water partition coefficient (Wildman–Crippen LogP) is 4.33. The smallest absolute Gasteiger partial charge is 0.325 e. The molecule has 0 unspecified atom stereocenters. The van der Waals surface area contributed by atoms with E-state index < -0.39 is 33.2 Å². The minimum Gasteiger partial charge on any atom is -0.325 e. The first-order valence-corrected chi connectivity index (χ1v) is 10.0. The molecule has 140 valence electrons. The highest BCUT2D eigenvalue weighted by Gasteiger charge is 2.32. The monoisotopic (exact) mass is 449 g/mol. The summed E-state index contributed by atoms with van der Waals surface area (Å²) in [5, 5.41) is 2.21. The third kappa shape index (κ3) is 5.84. The molecule has 0 aliphatic rings. The van der Waals surface area contributed by atoms with Gasteiger partial charge >= 0.3 is 6.18 Å². The minimum absolute atomic E-state index is 0.0124. The number of hydrogen-bond acceptors (Lipinski definition) is 3. The molecule has 4 nitrogen and oxygen atoms in total. The Morgan fingerprint density at radius 1 is 1.12 bits per heavy atom. The fourth-order valence-electron chi connectivity index (χ4n) is 2.29. The summed E-state index contributed by atoms with van der Waals surface area (Å²) in [5.41, 5.74) is -0.464. The molecule has 0 aliphatic carbocycles. The molecular weight excluding hydrogens is 435 g/mol. The number of benzene rings is 2. The third-order valence-corrected chi connectivity index (χ3v) is 5.48. The summed E-state index contributed by atoms with van der Waals surface area (Å²) in [6, 6.07) is 9.86. The number of anilines is 1. The maximum absolute atomic E-state index is 12.9. The van der Waals surface area contributed by atoms with Gasteiger partial charge in [0, 0.05) is 10.2 Å². The quantitative estimate of drug-likeness (QED) is 0.738. The van der Waals surface area contributed by atoms with Gasteiger partial charge in [-0.25, -0.2) is 8.42 Å². The number of carbonyl (C=O) groups is 1.